The van der Waals surface area contributed by atoms with Crippen molar-refractivity contribution in [1.29, 1.82) is 0 Å². The van der Waals surface area contributed by atoms with Crippen molar-refractivity contribution in [2.75, 3.05) is 33.3 Å². The molecule has 0 spiro atoms. The summed E-state index contributed by atoms with van der Waals surface area (Å²) in [5, 5.41) is 3.79. The van der Waals surface area contributed by atoms with E-state index in [4.69, 9.17) is 9.26 Å². The Hall–Kier alpha value is -2.83. The van der Waals surface area contributed by atoms with Crippen LogP contribution in [0.3, 0.4) is 0 Å². The van der Waals surface area contributed by atoms with Gasteiger partial charge in [-0.1, -0.05) is 17.3 Å². The number of rotatable bonds is 4. The van der Waals surface area contributed by atoms with Gasteiger partial charge in [0.05, 0.1) is 13.5 Å². The number of hydrogen-bond acceptors (Lipinski definition) is 5. The maximum atomic E-state index is 12.6. The van der Waals surface area contributed by atoms with Gasteiger partial charge >= 0.3 is 0 Å². The van der Waals surface area contributed by atoms with E-state index in [0.717, 1.165) is 17.7 Å². The molecule has 0 atom stereocenters. The molecule has 3 rings (SSSR count). The molecular weight excluding hydrogens is 334 g/mol. The number of ether oxygens (including phenoxy) is 1. The highest BCUT2D eigenvalue weighted by Crippen LogP contribution is 2.14. The van der Waals surface area contributed by atoms with Crippen LogP contribution in [-0.4, -0.2) is 60.1 Å². The molecule has 138 valence electrons. The maximum absolute atomic E-state index is 12.6. The Morgan fingerprint density at radius 3 is 2.46 bits per heavy atom. The number of nitrogens with zero attached hydrogens (tertiary/aromatic N) is 3. The molecule has 1 aliphatic rings. The van der Waals surface area contributed by atoms with Crippen LogP contribution in [0.5, 0.6) is 5.75 Å². The van der Waals surface area contributed by atoms with Crippen LogP contribution < -0.4 is 4.74 Å². The largest absolute Gasteiger partial charge is 0.497 e. The lowest BCUT2D eigenvalue weighted by molar-refractivity contribution is -0.130. The van der Waals surface area contributed by atoms with Crippen molar-refractivity contribution in [3.63, 3.8) is 0 Å². The van der Waals surface area contributed by atoms with Crippen LogP contribution >= 0.6 is 0 Å². The molecule has 1 aromatic heterocycles. The fraction of sp³-hybridized carbons (Fsp3) is 0.421. The first-order valence-corrected chi connectivity index (χ1v) is 8.70. The number of amides is 2. The SMILES string of the molecule is COc1ccc(CC(=O)N2CCCN(C(=O)c3cc(C)on3)CC2)cc1. The summed E-state index contributed by atoms with van der Waals surface area (Å²) in [5.41, 5.74) is 1.27. The molecule has 0 unspecified atom stereocenters. The fourth-order valence-electron chi connectivity index (χ4n) is 3.03. The minimum absolute atomic E-state index is 0.0711. The zero-order valence-corrected chi connectivity index (χ0v) is 15.1. The second kappa shape index (κ2) is 8.03. The summed E-state index contributed by atoms with van der Waals surface area (Å²) in [4.78, 5) is 28.6. The van der Waals surface area contributed by atoms with E-state index in [1.54, 1.807) is 25.0 Å². The molecule has 26 heavy (non-hydrogen) atoms. The van der Waals surface area contributed by atoms with Crippen LogP contribution in [0.2, 0.25) is 0 Å². The second-order valence-electron chi connectivity index (χ2n) is 6.37. The molecule has 0 aliphatic carbocycles. The second-order valence-corrected chi connectivity index (χ2v) is 6.37. The van der Waals surface area contributed by atoms with Crippen molar-refractivity contribution in [2.45, 2.75) is 19.8 Å². The van der Waals surface area contributed by atoms with Crippen molar-refractivity contribution in [1.82, 2.24) is 15.0 Å². The predicted octanol–water partition coefficient (Wildman–Crippen LogP) is 1.91. The number of carbonyl (C=O) groups excluding carboxylic acids is 2. The molecule has 2 heterocycles. The van der Waals surface area contributed by atoms with E-state index in [0.29, 0.717) is 44.1 Å². The summed E-state index contributed by atoms with van der Waals surface area (Å²) < 4.78 is 10.1. The highest BCUT2D eigenvalue weighted by molar-refractivity contribution is 5.92. The van der Waals surface area contributed by atoms with Gasteiger partial charge in [0.25, 0.3) is 5.91 Å². The zero-order chi connectivity index (χ0) is 18.5. The molecule has 0 N–H and O–H groups in total. The molecule has 1 fully saturated rings. The molecule has 2 aromatic rings. The zero-order valence-electron chi connectivity index (χ0n) is 15.1. The summed E-state index contributed by atoms with van der Waals surface area (Å²) in [5.74, 6) is 1.31. The van der Waals surface area contributed by atoms with Gasteiger partial charge < -0.3 is 19.1 Å². The molecule has 0 saturated carbocycles. The van der Waals surface area contributed by atoms with Crippen molar-refractivity contribution >= 4 is 11.8 Å². The number of aromatic nitrogens is 1. The number of hydrogen-bond donors (Lipinski definition) is 0. The number of methoxy groups -OCH3 is 1. The van der Waals surface area contributed by atoms with Crippen molar-refractivity contribution in [3.05, 3.63) is 47.3 Å². The van der Waals surface area contributed by atoms with Crippen molar-refractivity contribution in [3.8, 4) is 5.75 Å². The lowest BCUT2D eigenvalue weighted by Gasteiger charge is -2.21. The fourth-order valence-corrected chi connectivity index (χ4v) is 3.03. The van der Waals surface area contributed by atoms with E-state index in [9.17, 15) is 9.59 Å². The molecule has 7 nitrogen and oxygen atoms in total. The van der Waals surface area contributed by atoms with E-state index in [1.165, 1.54) is 0 Å². The Morgan fingerprint density at radius 2 is 1.81 bits per heavy atom. The third-order valence-corrected chi connectivity index (χ3v) is 4.50. The van der Waals surface area contributed by atoms with E-state index >= 15 is 0 Å². The average molecular weight is 357 g/mol. The average Bonchev–Trinajstić information content (AvgIpc) is 2.93. The molecule has 1 aromatic carbocycles. The lowest BCUT2D eigenvalue weighted by atomic mass is 10.1. The molecule has 0 bridgehead atoms. The standard InChI is InChI=1S/C19H23N3O4/c1-14-12-17(20-26-14)19(24)22-9-3-8-21(10-11-22)18(23)13-15-4-6-16(25-2)7-5-15/h4-7,12H,3,8-11,13H2,1-2H3. The molecule has 1 saturated heterocycles. The maximum Gasteiger partial charge on any atom is 0.276 e. The summed E-state index contributed by atoms with van der Waals surface area (Å²) in [6, 6.07) is 9.14. The molecular formula is C19H23N3O4. The van der Waals surface area contributed by atoms with Crippen LogP contribution in [0, 0.1) is 6.92 Å². The Bertz CT molecular complexity index is 769. The first-order valence-electron chi connectivity index (χ1n) is 8.70. The number of benzene rings is 1. The Kier molecular flexibility index (Phi) is 5.55. The van der Waals surface area contributed by atoms with E-state index in [2.05, 4.69) is 5.16 Å². The van der Waals surface area contributed by atoms with Crippen LogP contribution in [0.25, 0.3) is 0 Å². The third-order valence-electron chi connectivity index (χ3n) is 4.50. The van der Waals surface area contributed by atoms with E-state index in [1.807, 2.05) is 29.2 Å². The van der Waals surface area contributed by atoms with E-state index < -0.39 is 0 Å². The van der Waals surface area contributed by atoms with Crippen LogP contribution in [0.15, 0.2) is 34.9 Å². The van der Waals surface area contributed by atoms with Gasteiger partial charge in [-0.15, -0.1) is 0 Å². The summed E-state index contributed by atoms with van der Waals surface area (Å²) in [7, 11) is 1.62. The van der Waals surface area contributed by atoms with Gasteiger partial charge in [0.1, 0.15) is 11.5 Å². The third kappa shape index (κ3) is 4.22. The lowest BCUT2D eigenvalue weighted by Crippen LogP contribution is -2.38. The minimum atomic E-state index is -0.147. The van der Waals surface area contributed by atoms with Crippen molar-refractivity contribution in [2.24, 2.45) is 0 Å². The Morgan fingerprint density at radius 1 is 1.12 bits per heavy atom. The smallest absolute Gasteiger partial charge is 0.276 e. The van der Waals surface area contributed by atoms with Gasteiger partial charge in [-0.25, -0.2) is 0 Å². The quantitative estimate of drug-likeness (QED) is 0.835. The summed E-state index contributed by atoms with van der Waals surface area (Å²) >= 11 is 0. The first-order chi connectivity index (χ1) is 12.6. The monoisotopic (exact) mass is 357 g/mol. The Balaban J connectivity index is 1.57. The van der Waals surface area contributed by atoms with Crippen LogP contribution in [-0.2, 0) is 11.2 Å². The van der Waals surface area contributed by atoms with Gasteiger partial charge in [0, 0.05) is 32.2 Å². The summed E-state index contributed by atoms with van der Waals surface area (Å²) in [6.45, 7) is 4.04. The van der Waals surface area contributed by atoms with Gasteiger partial charge in [0.15, 0.2) is 5.69 Å². The topological polar surface area (TPSA) is 75.9 Å². The van der Waals surface area contributed by atoms with Gasteiger partial charge in [-0.3, -0.25) is 9.59 Å². The van der Waals surface area contributed by atoms with Crippen LogP contribution in [0.4, 0.5) is 0 Å². The van der Waals surface area contributed by atoms with E-state index in [-0.39, 0.29) is 11.8 Å². The molecule has 0 radical (unpaired) electrons. The number of aryl methyl sites for hydroxylation is 1. The van der Waals surface area contributed by atoms with Gasteiger partial charge in [0.2, 0.25) is 5.91 Å². The highest BCUT2D eigenvalue weighted by atomic mass is 16.5. The molecule has 7 heteroatoms. The normalized spacial score (nSPS) is 14.8. The Labute approximate surface area is 152 Å². The van der Waals surface area contributed by atoms with Crippen molar-refractivity contribution < 1.29 is 18.8 Å². The predicted molar refractivity (Wildman–Crippen MR) is 95.0 cm³/mol. The minimum Gasteiger partial charge on any atom is -0.497 e. The van der Waals surface area contributed by atoms with Gasteiger partial charge in [-0.2, -0.15) is 0 Å². The first kappa shape index (κ1) is 18.0. The molecule has 1 aliphatic heterocycles. The summed E-state index contributed by atoms with van der Waals surface area (Å²) in [6.07, 6.45) is 1.09. The van der Waals surface area contributed by atoms with Crippen LogP contribution in [0.1, 0.15) is 28.2 Å². The van der Waals surface area contributed by atoms with Gasteiger partial charge in [-0.05, 0) is 31.0 Å². The highest BCUT2D eigenvalue weighted by Gasteiger charge is 2.24. The number of carbonyl (C=O) groups is 2. The molecule has 2 amide bonds.